The van der Waals surface area contributed by atoms with Crippen molar-refractivity contribution in [1.82, 2.24) is 10.3 Å². The second kappa shape index (κ2) is 5.59. The van der Waals surface area contributed by atoms with Crippen molar-refractivity contribution >= 4 is 11.1 Å². The molecule has 104 valence electrons. The van der Waals surface area contributed by atoms with E-state index in [1.165, 1.54) is 0 Å². The summed E-state index contributed by atoms with van der Waals surface area (Å²) in [7, 11) is 1.93. The molecule has 1 aromatic heterocycles. The van der Waals surface area contributed by atoms with Gasteiger partial charge in [-0.1, -0.05) is 19.9 Å². The minimum atomic E-state index is -0.424. The van der Waals surface area contributed by atoms with E-state index >= 15 is 0 Å². The van der Waals surface area contributed by atoms with Crippen LogP contribution in [0.1, 0.15) is 25.5 Å². The van der Waals surface area contributed by atoms with Crippen molar-refractivity contribution in [1.29, 1.82) is 0 Å². The zero-order chi connectivity index (χ0) is 14.0. The number of nitrogens with two attached hydrogens (primary N) is 1. The first-order valence-corrected chi connectivity index (χ1v) is 6.57. The maximum Gasteiger partial charge on any atom is 0.417 e. The zero-order valence-corrected chi connectivity index (χ0v) is 11.6. The van der Waals surface area contributed by atoms with Crippen LogP contribution in [0.15, 0.2) is 27.4 Å². The number of hydrogen-bond acceptors (Lipinski definition) is 4. The van der Waals surface area contributed by atoms with Crippen LogP contribution in [0.3, 0.4) is 0 Å². The van der Waals surface area contributed by atoms with E-state index < -0.39 is 5.76 Å². The molecule has 0 spiro atoms. The van der Waals surface area contributed by atoms with Crippen LogP contribution < -0.4 is 16.8 Å². The molecule has 0 saturated heterocycles. The SMILES string of the molecule is CNC(c1ccc2oc(=O)[nH]c2c1)C(CN)C(C)C. The molecule has 0 aliphatic heterocycles. The zero-order valence-electron chi connectivity index (χ0n) is 11.6. The van der Waals surface area contributed by atoms with E-state index in [9.17, 15) is 4.79 Å². The van der Waals surface area contributed by atoms with Gasteiger partial charge in [-0.05, 0) is 43.1 Å². The molecule has 0 radical (unpaired) electrons. The Morgan fingerprint density at radius 3 is 2.74 bits per heavy atom. The largest absolute Gasteiger partial charge is 0.417 e. The summed E-state index contributed by atoms with van der Waals surface area (Å²) < 4.78 is 5.01. The van der Waals surface area contributed by atoms with E-state index in [0.717, 1.165) is 11.1 Å². The predicted molar refractivity (Wildman–Crippen MR) is 76.0 cm³/mol. The maximum absolute atomic E-state index is 11.2. The van der Waals surface area contributed by atoms with Crippen molar-refractivity contribution in [2.24, 2.45) is 17.6 Å². The Morgan fingerprint density at radius 1 is 1.42 bits per heavy atom. The number of H-pyrrole nitrogens is 1. The van der Waals surface area contributed by atoms with Crippen LogP contribution in [-0.2, 0) is 0 Å². The summed E-state index contributed by atoms with van der Waals surface area (Å²) in [5.41, 5.74) is 8.30. The number of aromatic nitrogens is 1. The predicted octanol–water partition coefficient (Wildman–Crippen LogP) is 1.61. The van der Waals surface area contributed by atoms with E-state index in [1.54, 1.807) is 0 Å². The molecule has 0 amide bonds. The van der Waals surface area contributed by atoms with E-state index in [4.69, 9.17) is 10.2 Å². The summed E-state index contributed by atoms with van der Waals surface area (Å²) in [5.74, 6) is 0.384. The minimum absolute atomic E-state index is 0.160. The van der Waals surface area contributed by atoms with Gasteiger partial charge in [0.25, 0.3) is 0 Å². The van der Waals surface area contributed by atoms with Gasteiger partial charge in [-0.3, -0.25) is 4.98 Å². The summed E-state index contributed by atoms with van der Waals surface area (Å²) >= 11 is 0. The lowest BCUT2D eigenvalue weighted by Crippen LogP contribution is -2.33. The molecule has 1 heterocycles. The van der Waals surface area contributed by atoms with Crippen molar-refractivity contribution in [3.63, 3.8) is 0 Å². The Hall–Kier alpha value is -1.59. The normalized spacial score (nSPS) is 15.0. The fraction of sp³-hybridized carbons (Fsp3) is 0.500. The van der Waals surface area contributed by atoms with Gasteiger partial charge in [0.2, 0.25) is 0 Å². The lowest BCUT2D eigenvalue weighted by atomic mass is 9.84. The van der Waals surface area contributed by atoms with Gasteiger partial charge in [0.05, 0.1) is 5.52 Å². The van der Waals surface area contributed by atoms with Crippen molar-refractivity contribution in [2.75, 3.05) is 13.6 Å². The highest BCUT2D eigenvalue weighted by Crippen LogP contribution is 2.28. The number of rotatable bonds is 5. The molecule has 5 nitrogen and oxygen atoms in total. The number of fused-ring (bicyclic) bond motifs is 1. The quantitative estimate of drug-likeness (QED) is 0.765. The van der Waals surface area contributed by atoms with Crippen LogP contribution in [-0.4, -0.2) is 18.6 Å². The van der Waals surface area contributed by atoms with Crippen LogP contribution in [0, 0.1) is 11.8 Å². The average molecular weight is 263 g/mol. The van der Waals surface area contributed by atoms with Crippen molar-refractivity contribution in [3.8, 4) is 0 Å². The highest BCUT2D eigenvalue weighted by molar-refractivity contribution is 5.72. The third-order valence-electron chi connectivity index (χ3n) is 3.67. The smallest absolute Gasteiger partial charge is 0.408 e. The Bertz CT molecular complexity index is 600. The summed E-state index contributed by atoms with van der Waals surface area (Å²) in [5, 5.41) is 3.32. The molecule has 1 aromatic carbocycles. The second-order valence-corrected chi connectivity index (χ2v) is 5.18. The Morgan fingerprint density at radius 2 is 2.16 bits per heavy atom. The van der Waals surface area contributed by atoms with E-state index in [0.29, 0.717) is 24.0 Å². The Kier molecular flexibility index (Phi) is 4.07. The number of hydrogen-bond donors (Lipinski definition) is 3. The van der Waals surface area contributed by atoms with Gasteiger partial charge in [-0.25, -0.2) is 4.79 Å². The molecule has 5 heteroatoms. The Balaban J connectivity index is 2.42. The molecule has 4 N–H and O–H groups in total. The first-order valence-electron chi connectivity index (χ1n) is 6.57. The molecule has 0 saturated carbocycles. The third-order valence-corrected chi connectivity index (χ3v) is 3.67. The first-order chi connectivity index (χ1) is 9.06. The monoisotopic (exact) mass is 263 g/mol. The standard InChI is InChI=1S/C14H21N3O2/c1-8(2)10(7-15)13(16-3)9-4-5-12-11(6-9)17-14(18)19-12/h4-6,8,10,13,16H,7,15H2,1-3H3,(H,17,18). The third kappa shape index (κ3) is 2.72. The first kappa shape index (κ1) is 13.8. The summed E-state index contributed by atoms with van der Waals surface area (Å²) in [6.07, 6.45) is 0. The van der Waals surface area contributed by atoms with Crippen LogP contribution in [0.2, 0.25) is 0 Å². The highest BCUT2D eigenvalue weighted by atomic mass is 16.4. The van der Waals surface area contributed by atoms with Gasteiger partial charge >= 0.3 is 5.76 Å². The summed E-state index contributed by atoms with van der Waals surface area (Å²) in [6, 6.07) is 5.91. The molecule has 0 bridgehead atoms. The summed E-state index contributed by atoms with van der Waals surface area (Å²) in [4.78, 5) is 13.9. The summed E-state index contributed by atoms with van der Waals surface area (Å²) in [6.45, 7) is 4.95. The molecule has 0 fully saturated rings. The van der Waals surface area contributed by atoms with Crippen molar-refractivity contribution < 1.29 is 4.42 Å². The lowest BCUT2D eigenvalue weighted by Gasteiger charge is -2.29. The molecular formula is C14H21N3O2. The van der Waals surface area contributed by atoms with E-state index in [-0.39, 0.29) is 6.04 Å². The number of benzene rings is 1. The molecule has 2 aromatic rings. The van der Waals surface area contributed by atoms with Crippen molar-refractivity contribution in [2.45, 2.75) is 19.9 Å². The number of aromatic amines is 1. The second-order valence-electron chi connectivity index (χ2n) is 5.18. The highest BCUT2D eigenvalue weighted by Gasteiger charge is 2.23. The fourth-order valence-corrected chi connectivity index (χ4v) is 2.58. The Labute approximate surface area is 112 Å². The lowest BCUT2D eigenvalue weighted by molar-refractivity contribution is 0.299. The molecule has 19 heavy (non-hydrogen) atoms. The van der Waals surface area contributed by atoms with E-state index in [1.807, 2.05) is 25.2 Å². The van der Waals surface area contributed by atoms with Gasteiger partial charge in [-0.15, -0.1) is 0 Å². The van der Waals surface area contributed by atoms with Crippen LogP contribution in [0.5, 0.6) is 0 Å². The number of nitrogens with one attached hydrogen (secondary N) is 2. The van der Waals surface area contributed by atoms with Gasteiger partial charge in [-0.2, -0.15) is 0 Å². The van der Waals surface area contributed by atoms with Crippen LogP contribution in [0.25, 0.3) is 11.1 Å². The topological polar surface area (TPSA) is 84.0 Å². The van der Waals surface area contributed by atoms with Gasteiger partial charge in [0, 0.05) is 6.04 Å². The minimum Gasteiger partial charge on any atom is -0.408 e. The van der Waals surface area contributed by atoms with Gasteiger partial charge < -0.3 is 15.5 Å². The molecule has 2 atom stereocenters. The maximum atomic E-state index is 11.2. The molecule has 2 unspecified atom stereocenters. The fourth-order valence-electron chi connectivity index (χ4n) is 2.58. The van der Waals surface area contributed by atoms with Gasteiger partial charge in [0.1, 0.15) is 0 Å². The van der Waals surface area contributed by atoms with E-state index in [2.05, 4.69) is 24.1 Å². The molecule has 0 aliphatic carbocycles. The number of oxazole rings is 1. The average Bonchev–Trinajstić information content (AvgIpc) is 2.74. The van der Waals surface area contributed by atoms with Gasteiger partial charge in [0.15, 0.2) is 5.58 Å². The molecule has 2 rings (SSSR count). The van der Waals surface area contributed by atoms with Crippen molar-refractivity contribution in [3.05, 3.63) is 34.3 Å². The molecule has 0 aliphatic rings. The van der Waals surface area contributed by atoms with Crippen LogP contribution >= 0.6 is 0 Å². The van der Waals surface area contributed by atoms with Crippen LogP contribution in [0.4, 0.5) is 0 Å². The molecular weight excluding hydrogens is 242 g/mol.